The smallest absolute Gasteiger partial charge is 0.260 e. The Morgan fingerprint density at radius 3 is 3.00 bits per heavy atom. The molecule has 0 amide bonds. The number of nitrogens with one attached hydrogen (secondary N) is 1. The third kappa shape index (κ3) is 1.56. The summed E-state index contributed by atoms with van der Waals surface area (Å²) < 4.78 is 1.13. The van der Waals surface area contributed by atoms with E-state index in [1.807, 2.05) is 24.3 Å². The quantitative estimate of drug-likeness (QED) is 0.765. The third-order valence-corrected chi connectivity index (χ3v) is 4.54. The van der Waals surface area contributed by atoms with Gasteiger partial charge >= 0.3 is 0 Å². The number of hydrogen-bond donors (Lipinski definition) is 1. The Morgan fingerprint density at radius 2 is 2.17 bits per heavy atom. The zero-order valence-electron chi connectivity index (χ0n) is 9.77. The van der Waals surface area contributed by atoms with Crippen molar-refractivity contribution in [1.82, 2.24) is 9.97 Å². The minimum atomic E-state index is 0.00750. The lowest BCUT2D eigenvalue weighted by atomic mass is 10.2. The number of hydrogen-bond acceptors (Lipinski definition) is 3. The van der Waals surface area contributed by atoms with Crippen LogP contribution < -0.4 is 5.56 Å². The molecule has 1 aromatic carbocycles. The van der Waals surface area contributed by atoms with Gasteiger partial charge in [-0.3, -0.25) is 4.79 Å². The van der Waals surface area contributed by atoms with Crippen molar-refractivity contribution in [1.29, 1.82) is 0 Å². The fraction of sp³-hybridized carbons (Fsp3) is 0.286. The van der Waals surface area contributed by atoms with Gasteiger partial charge in [0.1, 0.15) is 10.7 Å². The molecule has 4 rings (SSSR count). The summed E-state index contributed by atoms with van der Waals surface area (Å²) >= 11 is 1.61. The second kappa shape index (κ2) is 3.65. The number of fused-ring (bicyclic) bond motifs is 3. The van der Waals surface area contributed by atoms with E-state index in [4.69, 9.17) is 0 Å². The van der Waals surface area contributed by atoms with E-state index in [-0.39, 0.29) is 5.56 Å². The molecule has 3 aromatic rings. The molecule has 2 aromatic heterocycles. The van der Waals surface area contributed by atoms with Gasteiger partial charge in [-0.15, -0.1) is 11.3 Å². The van der Waals surface area contributed by atoms with E-state index in [0.717, 1.165) is 38.5 Å². The molecule has 0 bridgehead atoms. The van der Waals surface area contributed by atoms with Gasteiger partial charge in [-0.05, 0) is 24.8 Å². The largest absolute Gasteiger partial charge is 0.310 e. The highest BCUT2D eigenvalue weighted by Gasteiger charge is 2.23. The maximum Gasteiger partial charge on any atom is 0.260 e. The Labute approximate surface area is 107 Å². The highest BCUT2D eigenvalue weighted by atomic mass is 32.1. The molecular formula is C14H12N2OS. The summed E-state index contributed by atoms with van der Waals surface area (Å²) in [5.41, 5.74) is 0.00750. The summed E-state index contributed by atoms with van der Waals surface area (Å²) in [6.07, 6.45) is 3.46. The van der Waals surface area contributed by atoms with Crippen LogP contribution in [0, 0.1) is 5.92 Å². The Balaban J connectivity index is 2.00. The van der Waals surface area contributed by atoms with Crippen molar-refractivity contribution >= 4 is 31.6 Å². The standard InChI is InChI=1S/C14H12N2OS/c17-13-12-9-3-1-2-4-10(9)18-14(12)16-11(15-13)7-8-5-6-8/h1-4,8H,5-7H2,(H,15,16,17). The SMILES string of the molecule is O=c1[nH]c(CC2CC2)nc2sc3ccccc3c12. The number of H-pyrrole nitrogens is 1. The highest BCUT2D eigenvalue weighted by Crippen LogP contribution is 2.33. The Morgan fingerprint density at radius 1 is 1.33 bits per heavy atom. The van der Waals surface area contributed by atoms with Crippen molar-refractivity contribution in [3.05, 3.63) is 40.4 Å². The number of benzene rings is 1. The molecule has 1 aliphatic carbocycles. The number of aromatic nitrogens is 2. The van der Waals surface area contributed by atoms with E-state index in [1.54, 1.807) is 11.3 Å². The monoisotopic (exact) mass is 256 g/mol. The fourth-order valence-electron chi connectivity index (χ4n) is 2.37. The molecule has 0 aliphatic heterocycles. The predicted octanol–water partition coefficient (Wildman–Crippen LogP) is 3.09. The number of aromatic amines is 1. The first-order valence-electron chi connectivity index (χ1n) is 6.22. The molecule has 2 heterocycles. The van der Waals surface area contributed by atoms with E-state index >= 15 is 0 Å². The van der Waals surface area contributed by atoms with Crippen LogP contribution in [0.25, 0.3) is 20.3 Å². The summed E-state index contributed by atoms with van der Waals surface area (Å²) in [4.78, 5) is 20.6. The molecule has 1 saturated carbocycles. The number of rotatable bonds is 2. The first-order valence-corrected chi connectivity index (χ1v) is 7.03. The van der Waals surface area contributed by atoms with Crippen LogP contribution in [-0.4, -0.2) is 9.97 Å². The van der Waals surface area contributed by atoms with Crippen LogP contribution >= 0.6 is 11.3 Å². The second-order valence-electron chi connectivity index (χ2n) is 4.94. The molecule has 18 heavy (non-hydrogen) atoms. The van der Waals surface area contributed by atoms with Gasteiger partial charge in [0.25, 0.3) is 5.56 Å². The van der Waals surface area contributed by atoms with Crippen molar-refractivity contribution in [3.8, 4) is 0 Å². The van der Waals surface area contributed by atoms with E-state index in [9.17, 15) is 4.79 Å². The van der Waals surface area contributed by atoms with Gasteiger partial charge in [0.2, 0.25) is 0 Å². The summed E-state index contributed by atoms with van der Waals surface area (Å²) in [5, 5.41) is 1.76. The number of thiophene rings is 1. The van der Waals surface area contributed by atoms with Gasteiger partial charge in [0, 0.05) is 16.5 Å². The molecule has 0 atom stereocenters. The fourth-order valence-corrected chi connectivity index (χ4v) is 3.46. The Bertz CT molecular complexity index is 798. The Hall–Kier alpha value is -1.68. The maximum absolute atomic E-state index is 12.2. The van der Waals surface area contributed by atoms with Crippen molar-refractivity contribution in [2.75, 3.05) is 0 Å². The van der Waals surface area contributed by atoms with Crippen molar-refractivity contribution in [3.63, 3.8) is 0 Å². The van der Waals surface area contributed by atoms with E-state index in [2.05, 4.69) is 9.97 Å². The van der Waals surface area contributed by atoms with Crippen molar-refractivity contribution in [2.24, 2.45) is 5.92 Å². The lowest BCUT2D eigenvalue weighted by Gasteiger charge is -1.98. The molecule has 1 aliphatic rings. The molecule has 1 fully saturated rings. The van der Waals surface area contributed by atoms with Crippen LogP contribution in [0.15, 0.2) is 29.1 Å². The maximum atomic E-state index is 12.2. The molecule has 3 nitrogen and oxygen atoms in total. The first-order chi connectivity index (χ1) is 8.81. The predicted molar refractivity (Wildman–Crippen MR) is 74.2 cm³/mol. The van der Waals surface area contributed by atoms with Crippen molar-refractivity contribution < 1.29 is 0 Å². The summed E-state index contributed by atoms with van der Waals surface area (Å²) in [6, 6.07) is 8.00. The molecule has 0 unspecified atom stereocenters. The van der Waals surface area contributed by atoms with Crippen LogP contribution in [0.4, 0.5) is 0 Å². The molecule has 0 radical (unpaired) electrons. The van der Waals surface area contributed by atoms with Crippen LogP contribution in [0.5, 0.6) is 0 Å². The van der Waals surface area contributed by atoms with Gasteiger partial charge in [-0.2, -0.15) is 0 Å². The minimum absolute atomic E-state index is 0.00750. The van der Waals surface area contributed by atoms with Gasteiger partial charge in [0.05, 0.1) is 5.39 Å². The van der Waals surface area contributed by atoms with E-state index in [1.165, 1.54) is 12.8 Å². The molecule has 90 valence electrons. The third-order valence-electron chi connectivity index (χ3n) is 3.48. The van der Waals surface area contributed by atoms with E-state index in [0.29, 0.717) is 0 Å². The minimum Gasteiger partial charge on any atom is -0.310 e. The lowest BCUT2D eigenvalue weighted by Crippen LogP contribution is -2.11. The molecular weight excluding hydrogens is 244 g/mol. The van der Waals surface area contributed by atoms with Crippen molar-refractivity contribution in [2.45, 2.75) is 19.3 Å². The number of nitrogens with zero attached hydrogens (tertiary/aromatic N) is 1. The van der Waals surface area contributed by atoms with Gasteiger partial charge in [-0.25, -0.2) is 4.98 Å². The van der Waals surface area contributed by atoms with Gasteiger partial charge in [-0.1, -0.05) is 18.2 Å². The first kappa shape index (κ1) is 10.3. The average molecular weight is 256 g/mol. The van der Waals surface area contributed by atoms with Crippen LogP contribution in [0.1, 0.15) is 18.7 Å². The van der Waals surface area contributed by atoms with E-state index < -0.39 is 0 Å². The zero-order chi connectivity index (χ0) is 12.1. The van der Waals surface area contributed by atoms with Gasteiger partial charge in [0.15, 0.2) is 0 Å². The zero-order valence-corrected chi connectivity index (χ0v) is 10.6. The summed E-state index contributed by atoms with van der Waals surface area (Å²) in [7, 11) is 0. The normalized spacial score (nSPS) is 15.6. The highest BCUT2D eigenvalue weighted by molar-refractivity contribution is 7.25. The van der Waals surface area contributed by atoms with Crippen LogP contribution in [0.2, 0.25) is 0 Å². The molecule has 4 heteroatoms. The van der Waals surface area contributed by atoms with Gasteiger partial charge < -0.3 is 4.98 Å². The van der Waals surface area contributed by atoms with Crippen LogP contribution in [0.3, 0.4) is 0 Å². The Kier molecular flexibility index (Phi) is 2.08. The molecule has 0 saturated heterocycles. The second-order valence-corrected chi connectivity index (χ2v) is 5.97. The lowest BCUT2D eigenvalue weighted by molar-refractivity contribution is 0.772. The molecule has 1 N–H and O–H groups in total. The topological polar surface area (TPSA) is 45.8 Å². The van der Waals surface area contributed by atoms with Crippen LogP contribution in [-0.2, 0) is 6.42 Å². The molecule has 0 spiro atoms. The average Bonchev–Trinajstić information content (AvgIpc) is 3.07. The summed E-state index contributed by atoms with van der Waals surface area (Å²) in [5.74, 6) is 1.58. The summed E-state index contributed by atoms with van der Waals surface area (Å²) in [6.45, 7) is 0.